The Labute approximate surface area is 142 Å². The van der Waals surface area contributed by atoms with Crippen LogP contribution < -0.4 is 5.73 Å². The largest absolute Gasteiger partial charge is 0.399 e. The normalized spacial score (nSPS) is 22.4. The summed E-state index contributed by atoms with van der Waals surface area (Å²) in [6.45, 7) is 3.65. The minimum Gasteiger partial charge on any atom is -0.399 e. The summed E-state index contributed by atoms with van der Waals surface area (Å²) >= 11 is 1.94. The van der Waals surface area contributed by atoms with Crippen molar-refractivity contribution in [1.29, 1.82) is 0 Å². The molecule has 4 nitrogen and oxygen atoms in total. The summed E-state index contributed by atoms with van der Waals surface area (Å²) in [7, 11) is 0. The molecular formula is C16H24ClN3OS. The van der Waals surface area contributed by atoms with Crippen molar-refractivity contribution in [3.05, 3.63) is 29.8 Å². The number of rotatable bonds is 3. The van der Waals surface area contributed by atoms with E-state index in [9.17, 15) is 4.79 Å². The van der Waals surface area contributed by atoms with Crippen LogP contribution in [-0.2, 0) is 11.3 Å². The van der Waals surface area contributed by atoms with Gasteiger partial charge in [0.25, 0.3) is 0 Å². The van der Waals surface area contributed by atoms with Crippen molar-refractivity contribution < 1.29 is 4.79 Å². The second-order valence-electron chi connectivity index (χ2n) is 5.81. The number of carbonyl (C=O) groups is 1. The topological polar surface area (TPSA) is 49.6 Å². The molecule has 0 aliphatic carbocycles. The van der Waals surface area contributed by atoms with E-state index in [-0.39, 0.29) is 18.4 Å². The summed E-state index contributed by atoms with van der Waals surface area (Å²) in [6, 6.07) is 8.06. The van der Waals surface area contributed by atoms with Crippen LogP contribution in [0.15, 0.2) is 24.3 Å². The predicted molar refractivity (Wildman–Crippen MR) is 95.4 cm³/mol. The Balaban J connectivity index is 0.00000176. The molecular weight excluding hydrogens is 318 g/mol. The Kier molecular flexibility index (Phi) is 6.41. The number of nitrogen functional groups attached to an aromatic ring is 1. The van der Waals surface area contributed by atoms with Gasteiger partial charge in [-0.05, 0) is 37.1 Å². The number of hydrogen-bond donors (Lipinski definition) is 1. The van der Waals surface area contributed by atoms with E-state index in [0.29, 0.717) is 5.91 Å². The number of hydrogen-bond acceptors (Lipinski definition) is 4. The number of halogens is 1. The summed E-state index contributed by atoms with van der Waals surface area (Å²) in [4.78, 5) is 17.1. The van der Waals surface area contributed by atoms with Crippen molar-refractivity contribution in [2.45, 2.75) is 25.4 Å². The molecule has 3 rings (SSSR count). The van der Waals surface area contributed by atoms with E-state index in [1.807, 2.05) is 30.0 Å². The number of amides is 1. The molecule has 1 unspecified atom stereocenters. The number of nitrogens with two attached hydrogens (primary N) is 1. The van der Waals surface area contributed by atoms with Crippen LogP contribution in [0.4, 0.5) is 5.69 Å². The van der Waals surface area contributed by atoms with Gasteiger partial charge in [0.2, 0.25) is 5.91 Å². The zero-order valence-corrected chi connectivity index (χ0v) is 14.4. The van der Waals surface area contributed by atoms with Crippen molar-refractivity contribution in [3.63, 3.8) is 0 Å². The molecule has 1 aromatic carbocycles. The fourth-order valence-corrected chi connectivity index (χ4v) is 4.12. The van der Waals surface area contributed by atoms with Gasteiger partial charge >= 0.3 is 0 Å². The quantitative estimate of drug-likeness (QED) is 0.856. The summed E-state index contributed by atoms with van der Waals surface area (Å²) in [5.41, 5.74) is 7.84. The number of thioether (sulfide) groups is 1. The SMILES string of the molecule is Cl.Nc1cccc(CN2CCCC2C(=O)N2CCSCC2)c1. The maximum atomic E-state index is 12.7. The lowest BCUT2D eigenvalue weighted by atomic mass is 10.1. The maximum absolute atomic E-state index is 12.7. The number of benzene rings is 1. The smallest absolute Gasteiger partial charge is 0.239 e. The molecule has 0 bridgehead atoms. The number of nitrogens with zero attached hydrogens (tertiary/aromatic N) is 2. The van der Waals surface area contributed by atoms with E-state index in [2.05, 4.69) is 15.9 Å². The monoisotopic (exact) mass is 341 g/mol. The minimum atomic E-state index is 0. The van der Waals surface area contributed by atoms with Gasteiger partial charge in [0.1, 0.15) is 0 Å². The predicted octanol–water partition coefficient (Wildman–Crippen LogP) is 2.23. The van der Waals surface area contributed by atoms with Gasteiger partial charge in [-0.15, -0.1) is 12.4 Å². The zero-order chi connectivity index (χ0) is 14.7. The Bertz CT molecular complexity index is 508. The second kappa shape index (κ2) is 8.09. The lowest BCUT2D eigenvalue weighted by Gasteiger charge is -2.32. The van der Waals surface area contributed by atoms with Crippen LogP contribution in [0.1, 0.15) is 18.4 Å². The molecule has 2 N–H and O–H groups in total. The van der Waals surface area contributed by atoms with Gasteiger partial charge < -0.3 is 10.6 Å². The second-order valence-corrected chi connectivity index (χ2v) is 7.04. The summed E-state index contributed by atoms with van der Waals surface area (Å²) < 4.78 is 0. The highest BCUT2D eigenvalue weighted by Gasteiger charge is 2.33. The molecule has 2 heterocycles. The number of carbonyl (C=O) groups excluding carboxylic acids is 1. The molecule has 0 saturated carbocycles. The van der Waals surface area contributed by atoms with Crippen LogP contribution >= 0.6 is 24.2 Å². The maximum Gasteiger partial charge on any atom is 0.239 e. The minimum absolute atomic E-state index is 0. The van der Waals surface area contributed by atoms with Crippen molar-refractivity contribution in [1.82, 2.24) is 9.80 Å². The highest BCUT2D eigenvalue weighted by atomic mass is 35.5. The van der Waals surface area contributed by atoms with Crippen LogP contribution in [0.5, 0.6) is 0 Å². The highest BCUT2D eigenvalue weighted by Crippen LogP contribution is 2.23. The number of likely N-dealkylation sites (tertiary alicyclic amines) is 1. The van der Waals surface area contributed by atoms with Crippen molar-refractivity contribution in [2.75, 3.05) is 36.9 Å². The first-order valence-corrected chi connectivity index (χ1v) is 8.84. The van der Waals surface area contributed by atoms with Crippen LogP contribution in [0.3, 0.4) is 0 Å². The molecule has 2 aliphatic heterocycles. The third-order valence-electron chi connectivity index (χ3n) is 4.31. The van der Waals surface area contributed by atoms with E-state index >= 15 is 0 Å². The molecule has 1 amide bonds. The van der Waals surface area contributed by atoms with E-state index in [0.717, 1.165) is 56.2 Å². The fraction of sp³-hybridized carbons (Fsp3) is 0.562. The number of anilines is 1. The van der Waals surface area contributed by atoms with E-state index in [1.54, 1.807) is 0 Å². The van der Waals surface area contributed by atoms with Gasteiger partial charge in [0, 0.05) is 36.8 Å². The van der Waals surface area contributed by atoms with Crippen molar-refractivity contribution >= 4 is 35.8 Å². The van der Waals surface area contributed by atoms with Crippen LogP contribution in [0.2, 0.25) is 0 Å². The third kappa shape index (κ3) is 4.09. The molecule has 1 aromatic rings. The lowest BCUT2D eigenvalue weighted by molar-refractivity contribution is -0.135. The first kappa shape index (κ1) is 17.4. The summed E-state index contributed by atoms with van der Waals surface area (Å²) in [5, 5.41) is 0. The molecule has 1 atom stereocenters. The first-order chi connectivity index (χ1) is 10.2. The van der Waals surface area contributed by atoms with Gasteiger partial charge in [-0.3, -0.25) is 9.69 Å². The summed E-state index contributed by atoms with van der Waals surface area (Å²) in [5.74, 6) is 2.48. The highest BCUT2D eigenvalue weighted by molar-refractivity contribution is 7.99. The van der Waals surface area contributed by atoms with Crippen molar-refractivity contribution in [2.24, 2.45) is 0 Å². The molecule has 2 saturated heterocycles. The average Bonchev–Trinajstić information content (AvgIpc) is 2.95. The standard InChI is InChI=1S/C16H23N3OS.ClH/c17-14-4-1-3-13(11-14)12-19-6-2-5-15(19)16(20)18-7-9-21-10-8-18;/h1,3-4,11,15H,2,5-10,12,17H2;1H. The van der Waals surface area contributed by atoms with E-state index in [1.165, 1.54) is 5.56 Å². The van der Waals surface area contributed by atoms with Crippen LogP contribution in [0.25, 0.3) is 0 Å². The molecule has 0 radical (unpaired) electrons. The Morgan fingerprint density at radius 1 is 1.27 bits per heavy atom. The Morgan fingerprint density at radius 3 is 2.77 bits per heavy atom. The van der Waals surface area contributed by atoms with Crippen LogP contribution in [-0.4, -0.2) is 52.9 Å². The molecule has 22 heavy (non-hydrogen) atoms. The zero-order valence-electron chi connectivity index (χ0n) is 12.7. The van der Waals surface area contributed by atoms with Crippen molar-refractivity contribution in [3.8, 4) is 0 Å². The first-order valence-electron chi connectivity index (χ1n) is 7.69. The summed E-state index contributed by atoms with van der Waals surface area (Å²) in [6.07, 6.45) is 2.10. The lowest BCUT2D eigenvalue weighted by Crippen LogP contribution is -2.48. The van der Waals surface area contributed by atoms with Gasteiger partial charge in [0.15, 0.2) is 0 Å². The van der Waals surface area contributed by atoms with E-state index < -0.39 is 0 Å². The fourth-order valence-electron chi connectivity index (χ4n) is 3.22. The third-order valence-corrected chi connectivity index (χ3v) is 5.25. The van der Waals surface area contributed by atoms with Gasteiger partial charge in [-0.2, -0.15) is 11.8 Å². The molecule has 0 spiro atoms. The Morgan fingerprint density at radius 2 is 2.05 bits per heavy atom. The van der Waals surface area contributed by atoms with Crippen LogP contribution in [0, 0.1) is 0 Å². The average molecular weight is 342 g/mol. The van der Waals surface area contributed by atoms with Gasteiger partial charge in [-0.25, -0.2) is 0 Å². The molecule has 0 aromatic heterocycles. The van der Waals surface area contributed by atoms with Gasteiger partial charge in [0.05, 0.1) is 6.04 Å². The molecule has 6 heteroatoms. The van der Waals surface area contributed by atoms with Gasteiger partial charge in [-0.1, -0.05) is 12.1 Å². The molecule has 122 valence electrons. The van der Waals surface area contributed by atoms with E-state index in [4.69, 9.17) is 5.73 Å². The Hall–Kier alpha value is -0.910. The molecule has 2 fully saturated rings. The molecule has 2 aliphatic rings.